The second-order valence-corrected chi connectivity index (χ2v) is 4.34. The first-order chi connectivity index (χ1) is 8.11. The third-order valence-corrected chi connectivity index (χ3v) is 3.05. The molecule has 0 unspecified atom stereocenters. The van der Waals surface area contributed by atoms with Gasteiger partial charge >= 0.3 is 0 Å². The molecule has 0 bridgehead atoms. The molecule has 2 rings (SSSR count). The Morgan fingerprint density at radius 2 is 2.06 bits per heavy atom. The maximum Gasteiger partial charge on any atom is 0.151 e. The minimum absolute atomic E-state index is 0.763. The Morgan fingerprint density at radius 1 is 1.29 bits per heavy atom. The van der Waals surface area contributed by atoms with Gasteiger partial charge in [0.25, 0.3) is 0 Å². The van der Waals surface area contributed by atoms with Gasteiger partial charge in [-0.05, 0) is 38.5 Å². The SMILES string of the molecule is Cc1ccc(Cn2c(C)cc(C=O)c2C)cn1. The molecule has 88 valence electrons. The summed E-state index contributed by atoms with van der Waals surface area (Å²) in [7, 11) is 0. The third kappa shape index (κ3) is 2.28. The van der Waals surface area contributed by atoms with Gasteiger partial charge in [0.05, 0.1) is 0 Å². The Hall–Kier alpha value is -1.90. The van der Waals surface area contributed by atoms with E-state index in [1.54, 1.807) is 0 Å². The second-order valence-electron chi connectivity index (χ2n) is 4.34. The lowest BCUT2D eigenvalue weighted by Crippen LogP contribution is -2.04. The van der Waals surface area contributed by atoms with Crippen molar-refractivity contribution in [3.8, 4) is 0 Å². The molecule has 0 fully saturated rings. The number of hydrogen-bond acceptors (Lipinski definition) is 2. The van der Waals surface area contributed by atoms with Crippen molar-refractivity contribution in [3.63, 3.8) is 0 Å². The van der Waals surface area contributed by atoms with Crippen molar-refractivity contribution in [3.05, 3.63) is 52.6 Å². The Morgan fingerprint density at radius 3 is 2.59 bits per heavy atom. The van der Waals surface area contributed by atoms with E-state index in [0.717, 1.165) is 41.0 Å². The molecule has 0 aliphatic heterocycles. The zero-order valence-corrected chi connectivity index (χ0v) is 10.4. The predicted octanol–water partition coefficient (Wildman–Crippen LogP) is 2.67. The van der Waals surface area contributed by atoms with Gasteiger partial charge in [0, 0.05) is 35.4 Å². The first kappa shape index (κ1) is 11.6. The lowest BCUT2D eigenvalue weighted by atomic mass is 10.2. The summed E-state index contributed by atoms with van der Waals surface area (Å²) in [5.74, 6) is 0. The van der Waals surface area contributed by atoms with Gasteiger partial charge in [-0.1, -0.05) is 6.07 Å². The molecule has 2 heterocycles. The number of hydrogen-bond donors (Lipinski definition) is 0. The van der Waals surface area contributed by atoms with Gasteiger partial charge in [0.15, 0.2) is 6.29 Å². The number of pyridine rings is 1. The highest BCUT2D eigenvalue weighted by molar-refractivity contribution is 5.77. The Balaban J connectivity index is 2.32. The molecular formula is C14H16N2O. The van der Waals surface area contributed by atoms with E-state index in [-0.39, 0.29) is 0 Å². The average Bonchev–Trinajstić information content (AvgIpc) is 2.59. The summed E-state index contributed by atoms with van der Waals surface area (Å²) in [6.07, 6.45) is 2.79. The van der Waals surface area contributed by atoms with E-state index < -0.39 is 0 Å². The number of carbonyl (C=O) groups is 1. The smallest absolute Gasteiger partial charge is 0.151 e. The van der Waals surface area contributed by atoms with Crippen LogP contribution < -0.4 is 0 Å². The van der Waals surface area contributed by atoms with Crippen molar-refractivity contribution in [1.82, 2.24) is 9.55 Å². The normalized spacial score (nSPS) is 10.5. The first-order valence-corrected chi connectivity index (χ1v) is 5.65. The molecule has 17 heavy (non-hydrogen) atoms. The fourth-order valence-electron chi connectivity index (χ4n) is 1.96. The van der Waals surface area contributed by atoms with Gasteiger partial charge in [0.2, 0.25) is 0 Å². The standard InChI is InChI=1S/C14H16N2O/c1-10-4-5-13(7-15-10)8-16-11(2)6-14(9-17)12(16)3/h4-7,9H,8H2,1-3H3. The van der Waals surface area contributed by atoms with E-state index in [4.69, 9.17) is 0 Å². The molecule has 0 amide bonds. The van der Waals surface area contributed by atoms with Crippen LogP contribution in [0.1, 0.15) is 33.0 Å². The number of rotatable bonds is 3. The topological polar surface area (TPSA) is 34.9 Å². The van der Waals surface area contributed by atoms with Crippen molar-refractivity contribution < 1.29 is 4.79 Å². The summed E-state index contributed by atoms with van der Waals surface area (Å²) in [5.41, 5.74) is 5.05. The van der Waals surface area contributed by atoms with Gasteiger partial charge in [-0.2, -0.15) is 0 Å². The molecule has 0 aromatic carbocycles. The van der Waals surface area contributed by atoms with Crippen LogP contribution in [0.2, 0.25) is 0 Å². The van der Waals surface area contributed by atoms with Gasteiger partial charge < -0.3 is 4.57 Å². The molecule has 0 spiro atoms. The van der Waals surface area contributed by atoms with Crippen molar-refractivity contribution in [2.75, 3.05) is 0 Å². The highest BCUT2D eigenvalue weighted by Crippen LogP contribution is 2.15. The van der Waals surface area contributed by atoms with Crippen molar-refractivity contribution >= 4 is 6.29 Å². The van der Waals surface area contributed by atoms with Crippen molar-refractivity contribution in [2.45, 2.75) is 27.3 Å². The Labute approximate surface area is 101 Å². The largest absolute Gasteiger partial charge is 0.344 e. The number of nitrogens with zero attached hydrogens (tertiary/aromatic N) is 2. The lowest BCUT2D eigenvalue weighted by Gasteiger charge is -2.09. The Kier molecular flexibility index (Phi) is 3.09. The van der Waals surface area contributed by atoms with Crippen LogP contribution in [0.4, 0.5) is 0 Å². The maximum absolute atomic E-state index is 10.9. The van der Waals surface area contributed by atoms with E-state index >= 15 is 0 Å². The number of aldehydes is 1. The average molecular weight is 228 g/mol. The zero-order valence-electron chi connectivity index (χ0n) is 10.4. The molecular weight excluding hydrogens is 212 g/mol. The van der Waals surface area contributed by atoms with Crippen LogP contribution in [0.15, 0.2) is 24.4 Å². The zero-order chi connectivity index (χ0) is 12.4. The van der Waals surface area contributed by atoms with Crippen LogP contribution in [0, 0.1) is 20.8 Å². The monoisotopic (exact) mass is 228 g/mol. The van der Waals surface area contributed by atoms with Crippen molar-refractivity contribution in [2.24, 2.45) is 0 Å². The van der Waals surface area contributed by atoms with Crippen molar-refractivity contribution in [1.29, 1.82) is 0 Å². The summed E-state index contributed by atoms with van der Waals surface area (Å²) in [4.78, 5) is 15.1. The number of aryl methyl sites for hydroxylation is 2. The maximum atomic E-state index is 10.9. The Bertz CT molecular complexity index is 538. The molecule has 2 aromatic heterocycles. The highest BCUT2D eigenvalue weighted by atomic mass is 16.1. The summed E-state index contributed by atoms with van der Waals surface area (Å²) in [6.45, 7) is 6.72. The fourth-order valence-corrected chi connectivity index (χ4v) is 1.96. The van der Waals surface area contributed by atoms with E-state index in [2.05, 4.69) is 15.6 Å². The molecule has 0 aliphatic carbocycles. The lowest BCUT2D eigenvalue weighted by molar-refractivity contribution is 0.112. The van der Waals surface area contributed by atoms with Crippen LogP contribution in [0.5, 0.6) is 0 Å². The van der Waals surface area contributed by atoms with Gasteiger partial charge in [-0.15, -0.1) is 0 Å². The molecule has 0 saturated heterocycles. The second kappa shape index (κ2) is 4.53. The van der Waals surface area contributed by atoms with Crippen LogP contribution in [-0.4, -0.2) is 15.8 Å². The number of carbonyl (C=O) groups excluding carboxylic acids is 1. The fraction of sp³-hybridized carbons (Fsp3) is 0.286. The summed E-state index contributed by atoms with van der Waals surface area (Å²) < 4.78 is 2.13. The minimum atomic E-state index is 0.763. The minimum Gasteiger partial charge on any atom is -0.344 e. The molecule has 3 heteroatoms. The van der Waals surface area contributed by atoms with E-state index in [0.29, 0.717) is 0 Å². The first-order valence-electron chi connectivity index (χ1n) is 5.65. The van der Waals surface area contributed by atoms with Gasteiger partial charge in [0.1, 0.15) is 0 Å². The van der Waals surface area contributed by atoms with E-state index in [9.17, 15) is 4.79 Å². The molecule has 0 atom stereocenters. The summed E-state index contributed by atoms with van der Waals surface area (Å²) >= 11 is 0. The molecule has 0 radical (unpaired) electrons. The molecule has 2 aromatic rings. The molecule has 3 nitrogen and oxygen atoms in total. The van der Waals surface area contributed by atoms with Gasteiger partial charge in [-0.25, -0.2) is 0 Å². The van der Waals surface area contributed by atoms with Crippen LogP contribution >= 0.6 is 0 Å². The molecule has 0 N–H and O–H groups in total. The quantitative estimate of drug-likeness (QED) is 0.757. The predicted molar refractivity (Wildman–Crippen MR) is 67.4 cm³/mol. The van der Waals surface area contributed by atoms with Crippen LogP contribution in [0.3, 0.4) is 0 Å². The highest BCUT2D eigenvalue weighted by Gasteiger charge is 2.08. The molecule has 0 aliphatic rings. The number of aromatic nitrogens is 2. The third-order valence-electron chi connectivity index (χ3n) is 3.05. The summed E-state index contributed by atoms with van der Waals surface area (Å²) in [6, 6.07) is 6.00. The van der Waals surface area contributed by atoms with E-state index in [1.165, 1.54) is 0 Å². The molecule has 0 saturated carbocycles. The van der Waals surface area contributed by atoms with Crippen LogP contribution in [0.25, 0.3) is 0 Å². The van der Waals surface area contributed by atoms with E-state index in [1.807, 2.05) is 39.1 Å². The summed E-state index contributed by atoms with van der Waals surface area (Å²) in [5, 5.41) is 0. The van der Waals surface area contributed by atoms with Crippen LogP contribution in [-0.2, 0) is 6.54 Å². The van der Waals surface area contributed by atoms with Gasteiger partial charge in [-0.3, -0.25) is 9.78 Å².